The fourth-order valence-electron chi connectivity index (χ4n) is 7.83. The van der Waals surface area contributed by atoms with Crippen LogP contribution in [0, 0.1) is 0 Å². The first-order valence-electron chi connectivity index (χ1n) is 24.7. The topological polar surface area (TPSA) is 189 Å². The summed E-state index contributed by atoms with van der Waals surface area (Å²) in [5, 5.41) is 75.6. The van der Waals surface area contributed by atoms with Gasteiger partial charge in [-0.1, -0.05) is 179 Å². The van der Waals surface area contributed by atoms with Gasteiger partial charge in [0, 0.05) is 0 Å². The number of aliphatic hydroxyl groups is 7. The minimum Gasteiger partial charge on any atom is -0.394 e. The molecule has 1 saturated heterocycles. The van der Waals surface area contributed by atoms with E-state index in [2.05, 4.69) is 43.5 Å². The maximum Gasteiger partial charge on any atom is 0.249 e. The Balaban J connectivity index is 2.37. The number of ether oxygens (including phenoxy) is 2. The first kappa shape index (κ1) is 56.6. The van der Waals surface area contributed by atoms with Crippen LogP contribution in [0.1, 0.15) is 213 Å². The van der Waals surface area contributed by atoms with E-state index in [1.54, 1.807) is 0 Å². The van der Waals surface area contributed by atoms with E-state index in [1.165, 1.54) is 122 Å². The van der Waals surface area contributed by atoms with Crippen molar-refractivity contribution in [1.29, 1.82) is 0 Å². The molecule has 0 aromatic carbocycles. The van der Waals surface area contributed by atoms with Gasteiger partial charge in [0.15, 0.2) is 6.29 Å². The zero-order valence-electron chi connectivity index (χ0n) is 38.2. The SMILES string of the molecule is CCCC/C=C\CCCCCCC(O)C(=O)NC(COC1OC(CO)C(O)C(O)C1O)C(O)C(O)CCC/C=C/CCCCCCCCCCCCCCCCCCCC. The fourth-order valence-corrected chi connectivity index (χ4v) is 7.83. The normalized spacial score (nSPS) is 21.8. The van der Waals surface area contributed by atoms with Crippen molar-refractivity contribution in [2.24, 2.45) is 0 Å². The van der Waals surface area contributed by atoms with Gasteiger partial charge in [-0.05, 0) is 57.8 Å². The third-order valence-electron chi connectivity index (χ3n) is 12.0. The number of aliphatic hydroxyl groups excluding tert-OH is 7. The molecule has 0 radical (unpaired) electrons. The van der Waals surface area contributed by atoms with Gasteiger partial charge >= 0.3 is 0 Å². The Labute approximate surface area is 365 Å². The minimum absolute atomic E-state index is 0.239. The second-order valence-corrected chi connectivity index (χ2v) is 17.5. The van der Waals surface area contributed by atoms with Crippen molar-refractivity contribution in [3.05, 3.63) is 24.3 Å². The highest BCUT2D eigenvalue weighted by molar-refractivity contribution is 5.80. The van der Waals surface area contributed by atoms with Crippen LogP contribution >= 0.6 is 0 Å². The predicted octanol–water partition coefficient (Wildman–Crippen LogP) is 8.62. The summed E-state index contributed by atoms with van der Waals surface area (Å²) in [7, 11) is 0. The number of carbonyl (C=O) groups excluding carboxylic acids is 1. The molecule has 0 bridgehead atoms. The molecular weight excluding hydrogens is 763 g/mol. The Morgan fingerprint density at radius 1 is 0.567 bits per heavy atom. The van der Waals surface area contributed by atoms with Crippen molar-refractivity contribution >= 4 is 5.91 Å². The van der Waals surface area contributed by atoms with Gasteiger partial charge in [0.05, 0.1) is 25.4 Å². The number of hydrogen-bond acceptors (Lipinski definition) is 10. The second kappa shape index (κ2) is 39.2. The van der Waals surface area contributed by atoms with E-state index in [4.69, 9.17) is 9.47 Å². The highest BCUT2D eigenvalue weighted by atomic mass is 16.7. The molecule has 9 unspecified atom stereocenters. The molecule has 1 fully saturated rings. The summed E-state index contributed by atoms with van der Waals surface area (Å²) < 4.78 is 11.1. The van der Waals surface area contributed by atoms with E-state index < -0.39 is 74.2 Å². The molecule has 11 nitrogen and oxygen atoms in total. The number of unbranched alkanes of at least 4 members (excludes halogenated alkanes) is 25. The molecule has 11 heteroatoms. The lowest BCUT2D eigenvalue weighted by atomic mass is 9.98. The Morgan fingerprint density at radius 2 is 1.00 bits per heavy atom. The quantitative estimate of drug-likeness (QED) is 0.0218. The molecular formula is C49H93NO10. The lowest BCUT2D eigenvalue weighted by Crippen LogP contribution is -2.60. The van der Waals surface area contributed by atoms with Gasteiger partial charge < -0.3 is 50.5 Å². The summed E-state index contributed by atoms with van der Waals surface area (Å²) in [5.74, 6) is -0.718. The molecule has 1 heterocycles. The van der Waals surface area contributed by atoms with Crippen LogP contribution in [-0.4, -0.2) is 110 Å². The number of hydrogen-bond donors (Lipinski definition) is 8. The molecule has 0 saturated carbocycles. The zero-order valence-corrected chi connectivity index (χ0v) is 38.2. The average Bonchev–Trinajstić information content (AvgIpc) is 3.25. The Hall–Kier alpha value is -1.41. The molecule has 60 heavy (non-hydrogen) atoms. The highest BCUT2D eigenvalue weighted by Crippen LogP contribution is 2.23. The second-order valence-electron chi connectivity index (χ2n) is 17.5. The van der Waals surface area contributed by atoms with E-state index >= 15 is 0 Å². The maximum atomic E-state index is 13.0. The maximum absolute atomic E-state index is 13.0. The summed E-state index contributed by atoms with van der Waals surface area (Å²) in [6.07, 6.45) is 32.5. The van der Waals surface area contributed by atoms with Crippen LogP contribution in [-0.2, 0) is 14.3 Å². The van der Waals surface area contributed by atoms with Gasteiger partial charge in [-0.3, -0.25) is 4.79 Å². The van der Waals surface area contributed by atoms with E-state index in [-0.39, 0.29) is 12.8 Å². The third kappa shape index (κ3) is 28.3. The Bertz CT molecular complexity index is 1030. The van der Waals surface area contributed by atoms with Crippen LogP contribution in [0.2, 0.25) is 0 Å². The molecule has 1 aliphatic rings. The first-order valence-corrected chi connectivity index (χ1v) is 24.7. The van der Waals surface area contributed by atoms with Gasteiger partial charge in [0.1, 0.15) is 36.6 Å². The van der Waals surface area contributed by atoms with Gasteiger partial charge in [-0.2, -0.15) is 0 Å². The molecule has 0 aromatic heterocycles. The monoisotopic (exact) mass is 856 g/mol. The van der Waals surface area contributed by atoms with Crippen LogP contribution in [0.25, 0.3) is 0 Å². The van der Waals surface area contributed by atoms with Gasteiger partial charge in [-0.15, -0.1) is 0 Å². The molecule has 8 N–H and O–H groups in total. The lowest BCUT2D eigenvalue weighted by molar-refractivity contribution is -0.303. The van der Waals surface area contributed by atoms with E-state index in [1.807, 2.05) is 0 Å². The van der Waals surface area contributed by atoms with Crippen LogP contribution in [0.4, 0.5) is 0 Å². The molecule has 354 valence electrons. The van der Waals surface area contributed by atoms with Crippen molar-refractivity contribution in [3.63, 3.8) is 0 Å². The summed E-state index contributed by atoms with van der Waals surface area (Å²) in [5.41, 5.74) is 0. The van der Waals surface area contributed by atoms with Crippen LogP contribution in [0.5, 0.6) is 0 Å². The number of amides is 1. The molecule has 1 amide bonds. The van der Waals surface area contributed by atoms with Crippen molar-refractivity contribution in [1.82, 2.24) is 5.32 Å². The number of nitrogens with one attached hydrogen (secondary N) is 1. The lowest BCUT2D eigenvalue weighted by Gasteiger charge is -2.40. The third-order valence-corrected chi connectivity index (χ3v) is 12.0. The Morgan fingerprint density at radius 3 is 1.48 bits per heavy atom. The van der Waals surface area contributed by atoms with E-state index in [0.29, 0.717) is 12.8 Å². The largest absolute Gasteiger partial charge is 0.394 e. The van der Waals surface area contributed by atoms with Crippen molar-refractivity contribution in [3.8, 4) is 0 Å². The highest BCUT2D eigenvalue weighted by Gasteiger charge is 2.44. The summed E-state index contributed by atoms with van der Waals surface area (Å²) in [6.45, 7) is 3.37. The van der Waals surface area contributed by atoms with E-state index in [9.17, 15) is 40.5 Å². The van der Waals surface area contributed by atoms with Crippen LogP contribution in [0.15, 0.2) is 24.3 Å². The standard InChI is InChI=1S/C49H93NO10/c1-3-5-7-9-11-13-15-16-17-18-19-20-21-22-23-24-25-26-27-29-30-32-34-36-41(52)44(54)40(39-59-49-47(57)46(56)45(55)43(38-51)60-49)50-48(58)42(53)37-35-33-31-28-14-12-10-8-6-4-2/h10,12,29-30,40-47,49,51-57H,3-9,11,13-28,31-39H2,1-2H3,(H,50,58)/b12-10-,30-29+. The number of rotatable bonds is 41. The van der Waals surface area contributed by atoms with Crippen molar-refractivity contribution in [2.75, 3.05) is 13.2 Å². The van der Waals surface area contributed by atoms with E-state index in [0.717, 1.165) is 51.4 Å². The zero-order chi connectivity index (χ0) is 44.1. The molecule has 9 atom stereocenters. The van der Waals surface area contributed by atoms with Crippen LogP contribution < -0.4 is 5.32 Å². The Kier molecular flexibility index (Phi) is 37.0. The minimum atomic E-state index is -1.67. The summed E-state index contributed by atoms with van der Waals surface area (Å²) in [4.78, 5) is 13.0. The molecule has 1 aliphatic heterocycles. The van der Waals surface area contributed by atoms with Gasteiger partial charge in [-0.25, -0.2) is 0 Å². The number of allylic oxidation sites excluding steroid dienone is 4. The molecule has 1 rings (SSSR count). The number of carbonyl (C=O) groups is 1. The summed E-state index contributed by atoms with van der Waals surface area (Å²) >= 11 is 0. The predicted molar refractivity (Wildman–Crippen MR) is 242 cm³/mol. The first-order chi connectivity index (χ1) is 29.2. The van der Waals surface area contributed by atoms with Gasteiger partial charge in [0.2, 0.25) is 5.91 Å². The van der Waals surface area contributed by atoms with Crippen molar-refractivity contribution < 1.29 is 50.0 Å². The average molecular weight is 856 g/mol. The van der Waals surface area contributed by atoms with Crippen molar-refractivity contribution in [2.45, 2.75) is 268 Å². The molecule has 0 aromatic rings. The summed E-state index contributed by atoms with van der Waals surface area (Å²) in [6, 6.07) is -1.19. The van der Waals surface area contributed by atoms with Crippen LogP contribution in [0.3, 0.4) is 0 Å². The fraction of sp³-hybridized carbons (Fsp3) is 0.898. The molecule has 0 aliphatic carbocycles. The smallest absolute Gasteiger partial charge is 0.249 e. The molecule has 0 spiro atoms. The van der Waals surface area contributed by atoms with Gasteiger partial charge in [0.25, 0.3) is 0 Å².